The Balaban J connectivity index is 2.09. The highest BCUT2D eigenvalue weighted by Gasteiger charge is 2.17. The molecule has 2 aromatic rings. The Kier molecular flexibility index (Phi) is 5.64. The number of phenols is 1. The van der Waals surface area contributed by atoms with Crippen LogP contribution in [0, 0.1) is 0 Å². The van der Waals surface area contributed by atoms with Crippen LogP contribution in [0.15, 0.2) is 36.5 Å². The SMILES string of the molecule is CC(C)(C)NC(=O)c1cc(NC(=O)Cc2c(O)cccc2Cl)ccn1. The van der Waals surface area contributed by atoms with Gasteiger partial charge in [-0.15, -0.1) is 0 Å². The second kappa shape index (κ2) is 7.53. The van der Waals surface area contributed by atoms with Gasteiger partial charge in [0.2, 0.25) is 5.91 Å². The Hall–Kier alpha value is -2.60. The minimum Gasteiger partial charge on any atom is -0.508 e. The molecule has 0 unspecified atom stereocenters. The van der Waals surface area contributed by atoms with E-state index in [0.717, 1.165) is 0 Å². The van der Waals surface area contributed by atoms with E-state index in [1.165, 1.54) is 18.3 Å². The number of nitrogens with zero attached hydrogens (tertiary/aromatic N) is 1. The van der Waals surface area contributed by atoms with E-state index >= 15 is 0 Å². The van der Waals surface area contributed by atoms with Crippen molar-refractivity contribution in [3.63, 3.8) is 0 Å². The first-order valence-corrected chi connectivity index (χ1v) is 8.08. The van der Waals surface area contributed by atoms with Crippen molar-refractivity contribution in [1.29, 1.82) is 0 Å². The van der Waals surface area contributed by atoms with E-state index in [4.69, 9.17) is 11.6 Å². The van der Waals surface area contributed by atoms with Crippen LogP contribution in [0.2, 0.25) is 5.02 Å². The summed E-state index contributed by atoms with van der Waals surface area (Å²) in [7, 11) is 0. The van der Waals surface area contributed by atoms with Crippen LogP contribution in [0.5, 0.6) is 5.75 Å². The Morgan fingerprint density at radius 2 is 1.96 bits per heavy atom. The summed E-state index contributed by atoms with van der Waals surface area (Å²) in [5.74, 6) is -0.730. The average molecular weight is 362 g/mol. The molecule has 0 saturated carbocycles. The number of rotatable bonds is 4. The van der Waals surface area contributed by atoms with Gasteiger partial charge < -0.3 is 15.7 Å². The monoisotopic (exact) mass is 361 g/mol. The van der Waals surface area contributed by atoms with Gasteiger partial charge in [-0.2, -0.15) is 0 Å². The lowest BCUT2D eigenvalue weighted by molar-refractivity contribution is -0.115. The normalized spacial score (nSPS) is 11.0. The summed E-state index contributed by atoms with van der Waals surface area (Å²) in [6, 6.07) is 7.74. The molecule has 0 bridgehead atoms. The molecule has 0 spiro atoms. The van der Waals surface area contributed by atoms with E-state index in [0.29, 0.717) is 16.3 Å². The number of aromatic hydroxyl groups is 1. The summed E-state index contributed by atoms with van der Waals surface area (Å²) >= 11 is 6.00. The van der Waals surface area contributed by atoms with E-state index in [9.17, 15) is 14.7 Å². The molecule has 0 radical (unpaired) electrons. The van der Waals surface area contributed by atoms with Crippen molar-refractivity contribution in [2.45, 2.75) is 32.7 Å². The zero-order valence-corrected chi connectivity index (χ0v) is 15.0. The summed E-state index contributed by atoms with van der Waals surface area (Å²) in [4.78, 5) is 28.4. The molecule has 1 aromatic heterocycles. The number of carbonyl (C=O) groups is 2. The third kappa shape index (κ3) is 5.46. The summed E-state index contributed by atoms with van der Waals surface area (Å²) < 4.78 is 0. The van der Waals surface area contributed by atoms with Crippen molar-refractivity contribution in [2.24, 2.45) is 0 Å². The van der Waals surface area contributed by atoms with Gasteiger partial charge in [0.15, 0.2) is 0 Å². The number of phenolic OH excluding ortho intramolecular Hbond substituents is 1. The predicted octanol–water partition coefficient (Wildman–Crippen LogP) is 3.15. The van der Waals surface area contributed by atoms with Crippen molar-refractivity contribution in [3.8, 4) is 5.75 Å². The third-order valence-electron chi connectivity index (χ3n) is 3.20. The quantitative estimate of drug-likeness (QED) is 0.780. The lowest BCUT2D eigenvalue weighted by Crippen LogP contribution is -2.40. The fourth-order valence-corrected chi connectivity index (χ4v) is 2.36. The molecule has 6 nitrogen and oxygen atoms in total. The molecule has 1 aromatic carbocycles. The first-order valence-electron chi connectivity index (χ1n) is 7.70. The summed E-state index contributed by atoms with van der Waals surface area (Å²) in [5, 5.41) is 15.6. The van der Waals surface area contributed by atoms with Gasteiger partial charge >= 0.3 is 0 Å². The van der Waals surface area contributed by atoms with Crippen molar-refractivity contribution in [2.75, 3.05) is 5.32 Å². The number of benzene rings is 1. The highest BCUT2D eigenvalue weighted by Crippen LogP contribution is 2.26. The molecule has 132 valence electrons. The first kappa shape index (κ1) is 18.7. The minimum atomic E-state index is -0.389. The molecule has 2 amide bonds. The molecule has 2 rings (SSSR count). The average Bonchev–Trinajstić information content (AvgIpc) is 2.50. The second-order valence-corrected chi connectivity index (χ2v) is 7.00. The molecule has 0 fully saturated rings. The molecule has 0 aliphatic rings. The molecule has 3 N–H and O–H groups in total. The molecule has 25 heavy (non-hydrogen) atoms. The van der Waals surface area contributed by atoms with E-state index in [1.54, 1.807) is 18.2 Å². The summed E-state index contributed by atoms with van der Waals surface area (Å²) in [5.41, 5.74) is 0.597. The van der Waals surface area contributed by atoms with Gasteiger partial charge in [-0.05, 0) is 45.0 Å². The summed E-state index contributed by atoms with van der Waals surface area (Å²) in [6.45, 7) is 5.60. The second-order valence-electron chi connectivity index (χ2n) is 6.60. The number of aromatic nitrogens is 1. The van der Waals surface area contributed by atoms with Crippen LogP contribution in [-0.4, -0.2) is 27.4 Å². The topological polar surface area (TPSA) is 91.3 Å². The summed E-state index contributed by atoms with van der Waals surface area (Å²) in [6.07, 6.45) is 1.36. The van der Waals surface area contributed by atoms with E-state index in [-0.39, 0.29) is 35.2 Å². The fraction of sp³-hybridized carbons (Fsp3) is 0.278. The zero-order chi connectivity index (χ0) is 18.6. The molecule has 0 aliphatic heterocycles. The molecule has 7 heteroatoms. The van der Waals surface area contributed by atoms with E-state index in [2.05, 4.69) is 15.6 Å². The van der Waals surface area contributed by atoms with Crippen LogP contribution in [0.3, 0.4) is 0 Å². The molecular weight excluding hydrogens is 342 g/mol. The maximum absolute atomic E-state index is 12.2. The number of anilines is 1. The van der Waals surface area contributed by atoms with E-state index in [1.807, 2.05) is 20.8 Å². The van der Waals surface area contributed by atoms with Gasteiger partial charge in [-0.3, -0.25) is 14.6 Å². The lowest BCUT2D eigenvalue weighted by atomic mass is 10.1. The lowest BCUT2D eigenvalue weighted by Gasteiger charge is -2.20. The van der Waals surface area contributed by atoms with Crippen LogP contribution in [0.4, 0.5) is 5.69 Å². The number of carbonyl (C=O) groups excluding carboxylic acids is 2. The maximum Gasteiger partial charge on any atom is 0.270 e. The highest BCUT2D eigenvalue weighted by atomic mass is 35.5. The predicted molar refractivity (Wildman–Crippen MR) is 96.9 cm³/mol. The first-order chi connectivity index (χ1) is 11.7. The van der Waals surface area contributed by atoms with Crippen LogP contribution < -0.4 is 10.6 Å². The molecule has 0 saturated heterocycles. The molecule has 0 atom stereocenters. The maximum atomic E-state index is 12.2. The number of hydrogen-bond acceptors (Lipinski definition) is 4. The van der Waals surface area contributed by atoms with Crippen LogP contribution in [0.25, 0.3) is 0 Å². The Morgan fingerprint density at radius 1 is 1.24 bits per heavy atom. The van der Waals surface area contributed by atoms with Crippen molar-refractivity contribution < 1.29 is 14.7 Å². The largest absolute Gasteiger partial charge is 0.508 e. The Morgan fingerprint density at radius 3 is 2.60 bits per heavy atom. The van der Waals surface area contributed by atoms with Crippen LogP contribution in [0.1, 0.15) is 36.8 Å². The van der Waals surface area contributed by atoms with Gasteiger partial charge in [-0.1, -0.05) is 17.7 Å². The number of hydrogen-bond donors (Lipinski definition) is 3. The third-order valence-corrected chi connectivity index (χ3v) is 3.55. The fourth-order valence-electron chi connectivity index (χ4n) is 2.13. The van der Waals surface area contributed by atoms with Crippen molar-refractivity contribution >= 4 is 29.1 Å². The number of amides is 2. The minimum absolute atomic E-state index is 0.0392. The number of nitrogens with one attached hydrogen (secondary N) is 2. The van der Waals surface area contributed by atoms with Crippen molar-refractivity contribution in [1.82, 2.24) is 10.3 Å². The van der Waals surface area contributed by atoms with Gasteiger partial charge in [0.05, 0.1) is 6.42 Å². The standard InChI is InChI=1S/C18H20ClN3O3/c1-18(2,3)22-17(25)14-9-11(7-8-20-14)21-16(24)10-12-13(19)5-4-6-15(12)23/h4-9,23H,10H2,1-3H3,(H,22,25)(H,20,21,24). The molecular formula is C18H20ClN3O3. The van der Waals surface area contributed by atoms with Crippen LogP contribution in [-0.2, 0) is 11.2 Å². The molecule has 0 aliphatic carbocycles. The van der Waals surface area contributed by atoms with Gasteiger partial charge in [0, 0.05) is 28.0 Å². The van der Waals surface area contributed by atoms with Crippen LogP contribution >= 0.6 is 11.6 Å². The van der Waals surface area contributed by atoms with Crippen molar-refractivity contribution in [3.05, 3.63) is 52.8 Å². The Bertz CT molecular complexity index is 780. The molecule has 1 heterocycles. The Labute approximate surface area is 151 Å². The van der Waals surface area contributed by atoms with Gasteiger partial charge in [0.1, 0.15) is 11.4 Å². The zero-order valence-electron chi connectivity index (χ0n) is 14.3. The van der Waals surface area contributed by atoms with E-state index < -0.39 is 0 Å². The highest BCUT2D eigenvalue weighted by molar-refractivity contribution is 6.31. The number of halogens is 1. The smallest absolute Gasteiger partial charge is 0.270 e. The van der Waals surface area contributed by atoms with Gasteiger partial charge in [0.25, 0.3) is 5.91 Å². The van der Waals surface area contributed by atoms with Gasteiger partial charge in [-0.25, -0.2) is 0 Å². The number of pyridine rings is 1.